The van der Waals surface area contributed by atoms with Crippen molar-refractivity contribution >= 4 is 6.03 Å². The Morgan fingerprint density at radius 2 is 2.08 bits per heavy atom. The van der Waals surface area contributed by atoms with E-state index in [0.29, 0.717) is 19.1 Å². The maximum atomic E-state index is 12.1. The number of rotatable bonds is 7. The van der Waals surface area contributed by atoms with Gasteiger partial charge in [0.25, 0.3) is 0 Å². The van der Waals surface area contributed by atoms with E-state index < -0.39 is 0 Å². The first-order valence-electron chi connectivity index (χ1n) is 9.42. The first-order valence-corrected chi connectivity index (χ1v) is 9.42. The highest BCUT2D eigenvalue weighted by Gasteiger charge is 2.22. The smallest absolute Gasteiger partial charge is 0.315 e. The summed E-state index contributed by atoms with van der Waals surface area (Å²) >= 11 is 0. The number of aryl methyl sites for hydroxylation is 1. The van der Waals surface area contributed by atoms with Crippen molar-refractivity contribution in [2.75, 3.05) is 13.1 Å². The zero-order valence-corrected chi connectivity index (χ0v) is 15.4. The minimum absolute atomic E-state index is 0.152. The number of piperidine rings is 1. The summed E-state index contributed by atoms with van der Waals surface area (Å²) in [5.41, 5.74) is 1.32. The minimum atomic E-state index is -0.152. The molecule has 2 heterocycles. The lowest BCUT2D eigenvalue weighted by Gasteiger charge is -2.35. The third kappa shape index (κ3) is 5.05. The largest absolute Gasteiger partial charge is 0.337 e. The number of carbonyl (C=O) groups is 1. The number of hydrogen-bond acceptors (Lipinski definition) is 4. The second kappa shape index (κ2) is 9.33. The molecular formula is C19H28N6O. The first kappa shape index (κ1) is 18.4. The van der Waals surface area contributed by atoms with Gasteiger partial charge in [-0.05, 0) is 31.9 Å². The van der Waals surface area contributed by atoms with Gasteiger partial charge in [0.2, 0.25) is 0 Å². The quantitative estimate of drug-likeness (QED) is 0.797. The maximum Gasteiger partial charge on any atom is 0.315 e. The van der Waals surface area contributed by atoms with Gasteiger partial charge in [0, 0.05) is 25.7 Å². The third-order valence-electron chi connectivity index (χ3n) is 4.92. The van der Waals surface area contributed by atoms with Crippen LogP contribution < -0.4 is 10.6 Å². The van der Waals surface area contributed by atoms with Crippen LogP contribution in [0.25, 0.3) is 0 Å². The molecule has 1 aliphatic heterocycles. The fourth-order valence-electron chi connectivity index (χ4n) is 3.43. The molecule has 0 saturated carbocycles. The molecule has 1 aromatic heterocycles. The standard InChI is InChI=1S/C19H28N6O/c1-2-24-15-22-23-18(24)13-21-19(26)20-12-17-10-6-7-11-25(17)14-16-8-4-3-5-9-16/h3-5,8-9,15,17H,2,6-7,10-14H2,1H3,(H2,20,21,26)/t17-/m1/s1. The highest BCUT2D eigenvalue weighted by atomic mass is 16.2. The lowest BCUT2D eigenvalue weighted by Crippen LogP contribution is -2.48. The predicted molar refractivity (Wildman–Crippen MR) is 100 cm³/mol. The van der Waals surface area contributed by atoms with E-state index in [1.54, 1.807) is 6.33 Å². The van der Waals surface area contributed by atoms with E-state index in [1.807, 2.05) is 17.6 Å². The molecule has 7 heteroatoms. The van der Waals surface area contributed by atoms with E-state index in [4.69, 9.17) is 0 Å². The van der Waals surface area contributed by atoms with Crippen molar-refractivity contribution in [2.45, 2.75) is 51.9 Å². The molecule has 1 saturated heterocycles. The van der Waals surface area contributed by atoms with Crippen LogP contribution in [0.3, 0.4) is 0 Å². The van der Waals surface area contributed by atoms with Crippen LogP contribution in [0.15, 0.2) is 36.7 Å². The van der Waals surface area contributed by atoms with Crippen LogP contribution in [0, 0.1) is 0 Å². The van der Waals surface area contributed by atoms with Gasteiger partial charge in [-0.1, -0.05) is 36.8 Å². The van der Waals surface area contributed by atoms with Crippen molar-refractivity contribution in [1.29, 1.82) is 0 Å². The molecule has 1 aromatic carbocycles. The molecule has 2 N–H and O–H groups in total. The molecule has 0 radical (unpaired) electrons. The molecule has 2 amide bonds. The van der Waals surface area contributed by atoms with Crippen LogP contribution >= 0.6 is 0 Å². The molecule has 1 fully saturated rings. The number of amides is 2. The van der Waals surface area contributed by atoms with E-state index >= 15 is 0 Å². The number of likely N-dealkylation sites (tertiary alicyclic amines) is 1. The van der Waals surface area contributed by atoms with Gasteiger partial charge in [-0.2, -0.15) is 0 Å². The van der Waals surface area contributed by atoms with Crippen molar-refractivity contribution in [3.8, 4) is 0 Å². The summed E-state index contributed by atoms with van der Waals surface area (Å²) in [4.78, 5) is 14.6. The lowest BCUT2D eigenvalue weighted by molar-refractivity contribution is 0.138. The van der Waals surface area contributed by atoms with Crippen molar-refractivity contribution < 1.29 is 4.79 Å². The molecule has 1 aliphatic rings. The SMILES string of the molecule is CCn1cnnc1CNC(=O)NC[C@H]1CCCCN1Cc1ccccc1. The average molecular weight is 356 g/mol. The summed E-state index contributed by atoms with van der Waals surface area (Å²) in [7, 11) is 0. The van der Waals surface area contributed by atoms with E-state index in [1.165, 1.54) is 18.4 Å². The van der Waals surface area contributed by atoms with Gasteiger partial charge in [-0.25, -0.2) is 4.79 Å². The fraction of sp³-hybridized carbons (Fsp3) is 0.526. The molecule has 0 bridgehead atoms. The Kier molecular flexibility index (Phi) is 6.60. The van der Waals surface area contributed by atoms with Gasteiger partial charge in [0.1, 0.15) is 6.33 Å². The van der Waals surface area contributed by atoms with Crippen molar-refractivity contribution in [2.24, 2.45) is 0 Å². The van der Waals surface area contributed by atoms with Gasteiger partial charge < -0.3 is 15.2 Å². The number of carbonyl (C=O) groups excluding carboxylic acids is 1. The van der Waals surface area contributed by atoms with Crippen LogP contribution in [-0.4, -0.2) is 44.8 Å². The van der Waals surface area contributed by atoms with Crippen molar-refractivity contribution in [3.05, 3.63) is 48.0 Å². The van der Waals surface area contributed by atoms with E-state index in [9.17, 15) is 4.79 Å². The number of urea groups is 1. The monoisotopic (exact) mass is 356 g/mol. The Hall–Kier alpha value is -2.41. The Labute approximate surface area is 154 Å². The van der Waals surface area contributed by atoms with Crippen LogP contribution in [0.1, 0.15) is 37.6 Å². The van der Waals surface area contributed by atoms with Crippen LogP contribution in [0.4, 0.5) is 4.79 Å². The summed E-state index contributed by atoms with van der Waals surface area (Å²) in [5, 5.41) is 13.8. The Bertz CT molecular complexity index is 686. The van der Waals surface area contributed by atoms with Gasteiger partial charge >= 0.3 is 6.03 Å². The first-order chi connectivity index (χ1) is 12.8. The molecule has 140 valence electrons. The zero-order valence-electron chi connectivity index (χ0n) is 15.4. The highest BCUT2D eigenvalue weighted by Crippen LogP contribution is 2.19. The maximum absolute atomic E-state index is 12.1. The molecule has 1 atom stereocenters. The molecule has 0 spiro atoms. The van der Waals surface area contributed by atoms with Crippen LogP contribution in [0.2, 0.25) is 0 Å². The number of hydrogen-bond donors (Lipinski definition) is 2. The minimum Gasteiger partial charge on any atom is -0.337 e. The van der Waals surface area contributed by atoms with E-state index in [2.05, 4.69) is 50.0 Å². The number of benzene rings is 1. The molecule has 0 aliphatic carbocycles. The fourth-order valence-corrected chi connectivity index (χ4v) is 3.43. The van der Waals surface area contributed by atoms with Crippen molar-refractivity contribution in [3.63, 3.8) is 0 Å². The summed E-state index contributed by atoms with van der Waals surface area (Å²) in [5.74, 6) is 0.769. The van der Waals surface area contributed by atoms with Gasteiger partial charge in [0.05, 0.1) is 6.54 Å². The van der Waals surface area contributed by atoms with Crippen molar-refractivity contribution in [1.82, 2.24) is 30.3 Å². The summed E-state index contributed by atoms with van der Waals surface area (Å²) < 4.78 is 1.92. The molecular weight excluding hydrogens is 328 g/mol. The van der Waals surface area contributed by atoms with Crippen LogP contribution in [-0.2, 0) is 19.6 Å². The topological polar surface area (TPSA) is 75.1 Å². The Morgan fingerprint density at radius 1 is 1.23 bits per heavy atom. The van der Waals surface area contributed by atoms with E-state index in [0.717, 1.165) is 31.9 Å². The third-order valence-corrected chi connectivity index (χ3v) is 4.92. The second-order valence-electron chi connectivity index (χ2n) is 6.70. The average Bonchev–Trinajstić information content (AvgIpc) is 3.14. The Balaban J connectivity index is 1.46. The van der Waals surface area contributed by atoms with Gasteiger partial charge in [-0.15, -0.1) is 10.2 Å². The second-order valence-corrected chi connectivity index (χ2v) is 6.70. The molecule has 2 aromatic rings. The normalized spacial score (nSPS) is 17.8. The number of nitrogens with one attached hydrogen (secondary N) is 2. The summed E-state index contributed by atoms with van der Waals surface area (Å²) in [6.45, 7) is 5.90. The molecule has 0 unspecified atom stereocenters. The van der Waals surface area contributed by atoms with Crippen LogP contribution in [0.5, 0.6) is 0 Å². The number of nitrogens with zero attached hydrogens (tertiary/aromatic N) is 4. The predicted octanol–water partition coefficient (Wildman–Crippen LogP) is 2.15. The summed E-state index contributed by atoms with van der Waals surface area (Å²) in [6, 6.07) is 10.8. The van der Waals surface area contributed by atoms with Gasteiger partial charge in [-0.3, -0.25) is 4.90 Å². The summed E-state index contributed by atoms with van der Waals surface area (Å²) in [6.07, 6.45) is 5.25. The molecule has 3 rings (SSSR count). The van der Waals surface area contributed by atoms with Gasteiger partial charge in [0.15, 0.2) is 5.82 Å². The van der Waals surface area contributed by atoms with E-state index in [-0.39, 0.29) is 6.03 Å². The highest BCUT2D eigenvalue weighted by molar-refractivity contribution is 5.73. The molecule has 7 nitrogen and oxygen atoms in total. The Morgan fingerprint density at radius 3 is 2.88 bits per heavy atom. The molecule has 26 heavy (non-hydrogen) atoms. The zero-order chi connectivity index (χ0) is 18.2. The lowest BCUT2D eigenvalue weighted by atomic mass is 10.0. The number of aromatic nitrogens is 3.